The molecule has 1 fully saturated rings. The molecular weight excluding hydrogens is 357 g/mol. The highest BCUT2D eigenvalue weighted by Gasteiger charge is 2.25. The van der Waals surface area contributed by atoms with Crippen molar-refractivity contribution in [1.82, 2.24) is 10.2 Å². The van der Waals surface area contributed by atoms with Crippen molar-refractivity contribution in [2.24, 2.45) is 0 Å². The highest BCUT2D eigenvalue weighted by Crippen LogP contribution is 2.20. The van der Waals surface area contributed by atoms with Crippen LogP contribution in [-0.2, 0) is 10.0 Å². The Labute approximate surface area is 152 Å². The summed E-state index contributed by atoms with van der Waals surface area (Å²) in [5, 5.41) is 3.20. The van der Waals surface area contributed by atoms with Crippen LogP contribution >= 0.6 is 0 Å². The highest BCUT2D eigenvalue weighted by molar-refractivity contribution is 7.92. The van der Waals surface area contributed by atoms with Gasteiger partial charge in [0.15, 0.2) is 0 Å². The predicted molar refractivity (Wildman–Crippen MR) is 97.0 cm³/mol. The summed E-state index contributed by atoms with van der Waals surface area (Å²) in [5.74, 6) is -0.889. The zero-order valence-corrected chi connectivity index (χ0v) is 15.1. The van der Waals surface area contributed by atoms with E-state index in [2.05, 4.69) is 10.0 Å². The van der Waals surface area contributed by atoms with Crippen molar-refractivity contribution in [1.29, 1.82) is 0 Å². The van der Waals surface area contributed by atoms with Gasteiger partial charge in [-0.3, -0.25) is 9.52 Å². The van der Waals surface area contributed by atoms with Crippen LogP contribution in [0.1, 0.15) is 17.3 Å². The fourth-order valence-electron chi connectivity index (χ4n) is 2.85. The molecule has 3 rings (SSSR count). The maximum Gasteiger partial charge on any atom is 0.262 e. The first-order valence-corrected chi connectivity index (χ1v) is 9.76. The molecule has 0 spiro atoms. The van der Waals surface area contributed by atoms with E-state index in [1.807, 2.05) is 6.92 Å². The highest BCUT2D eigenvalue weighted by atomic mass is 32.2. The number of carbonyl (C=O) groups is 1. The number of anilines is 1. The molecule has 2 aromatic rings. The number of benzene rings is 2. The minimum absolute atomic E-state index is 0.0213. The van der Waals surface area contributed by atoms with Gasteiger partial charge in [-0.1, -0.05) is 18.2 Å². The molecule has 1 aliphatic rings. The van der Waals surface area contributed by atoms with Gasteiger partial charge >= 0.3 is 0 Å². The van der Waals surface area contributed by atoms with Gasteiger partial charge in [0.1, 0.15) is 5.82 Å². The van der Waals surface area contributed by atoms with Crippen LogP contribution in [0.15, 0.2) is 53.4 Å². The van der Waals surface area contributed by atoms with E-state index in [9.17, 15) is 17.6 Å². The van der Waals surface area contributed by atoms with Crippen LogP contribution in [0.3, 0.4) is 0 Å². The van der Waals surface area contributed by atoms with E-state index in [1.165, 1.54) is 42.5 Å². The number of sulfonamides is 1. The molecule has 138 valence electrons. The molecule has 0 bridgehead atoms. The molecule has 1 amide bonds. The van der Waals surface area contributed by atoms with Gasteiger partial charge in [0, 0.05) is 31.2 Å². The van der Waals surface area contributed by atoms with Crippen LogP contribution in [0.25, 0.3) is 0 Å². The minimum atomic E-state index is -4.01. The molecule has 0 radical (unpaired) electrons. The van der Waals surface area contributed by atoms with Gasteiger partial charge in [-0.2, -0.15) is 0 Å². The molecule has 0 aliphatic carbocycles. The summed E-state index contributed by atoms with van der Waals surface area (Å²) in [4.78, 5) is 14.4. The number of hydrogen-bond acceptors (Lipinski definition) is 4. The van der Waals surface area contributed by atoms with Crippen molar-refractivity contribution in [3.8, 4) is 0 Å². The van der Waals surface area contributed by atoms with Crippen molar-refractivity contribution in [2.45, 2.75) is 17.9 Å². The second-order valence-electron chi connectivity index (χ2n) is 6.16. The summed E-state index contributed by atoms with van der Waals surface area (Å²) < 4.78 is 41.1. The number of piperazine rings is 1. The molecule has 0 aromatic heterocycles. The predicted octanol–water partition coefficient (Wildman–Crippen LogP) is 2.06. The lowest BCUT2D eigenvalue weighted by Gasteiger charge is -2.34. The van der Waals surface area contributed by atoms with Crippen LogP contribution in [0.5, 0.6) is 0 Å². The molecule has 0 saturated carbocycles. The Balaban J connectivity index is 1.86. The van der Waals surface area contributed by atoms with Crippen molar-refractivity contribution in [2.75, 3.05) is 24.4 Å². The summed E-state index contributed by atoms with van der Waals surface area (Å²) >= 11 is 0. The molecular formula is C18H20FN3O3S. The zero-order chi connectivity index (χ0) is 18.7. The largest absolute Gasteiger partial charge is 0.333 e. The van der Waals surface area contributed by atoms with Crippen molar-refractivity contribution >= 4 is 21.6 Å². The van der Waals surface area contributed by atoms with Crippen molar-refractivity contribution in [3.63, 3.8) is 0 Å². The van der Waals surface area contributed by atoms with E-state index in [0.29, 0.717) is 19.6 Å². The Morgan fingerprint density at radius 1 is 1.23 bits per heavy atom. The fourth-order valence-corrected chi connectivity index (χ4v) is 3.97. The normalized spacial score (nSPS) is 17.8. The first kappa shape index (κ1) is 18.3. The van der Waals surface area contributed by atoms with E-state index in [4.69, 9.17) is 0 Å². The molecule has 1 heterocycles. The van der Waals surface area contributed by atoms with Gasteiger partial charge in [-0.25, -0.2) is 12.8 Å². The average Bonchev–Trinajstić information content (AvgIpc) is 2.63. The zero-order valence-electron chi connectivity index (χ0n) is 14.3. The monoisotopic (exact) mass is 377 g/mol. The lowest BCUT2D eigenvalue weighted by molar-refractivity contribution is 0.0655. The summed E-state index contributed by atoms with van der Waals surface area (Å²) in [6.07, 6.45) is 0. The van der Waals surface area contributed by atoms with Crippen LogP contribution in [0.4, 0.5) is 10.1 Å². The summed E-state index contributed by atoms with van der Waals surface area (Å²) in [6.45, 7) is 3.89. The molecule has 2 aromatic carbocycles. The standard InChI is InChI=1S/C18H20FN3O3S/c1-13-12-20-9-10-22(13)18(23)14-5-4-6-15(11-14)26(24,25)21-17-8-3-2-7-16(17)19/h2-8,11,13,20-21H,9-10,12H2,1H3/t13-/m0/s1. The maximum atomic E-state index is 13.7. The number of nitrogens with zero attached hydrogens (tertiary/aromatic N) is 1. The van der Waals surface area contributed by atoms with Gasteiger partial charge in [-0.15, -0.1) is 0 Å². The van der Waals surface area contributed by atoms with E-state index in [-0.39, 0.29) is 28.1 Å². The van der Waals surface area contributed by atoms with E-state index < -0.39 is 15.8 Å². The molecule has 1 atom stereocenters. The average molecular weight is 377 g/mol. The number of carbonyl (C=O) groups excluding carboxylic acids is 1. The molecule has 6 nitrogen and oxygen atoms in total. The number of nitrogens with one attached hydrogen (secondary N) is 2. The van der Waals surface area contributed by atoms with Crippen LogP contribution in [-0.4, -0.2) is 44.9 Å². The van der Waals surface area contributed by atoms with Crippen molar-refractivity contribution < 1.29 is 17.6 Å². The lowest BCUT2D eigenvalue weighted by atomic mass is 10.1. The van der Waals surface area contributed by atoms with Gasteiger partial charge in [0.25, 0.3) is 15.9 Å². The van der Waals surface area contributed by atoms with Crippen LogP contribution in [0.2, 0.25) is 0 Å². The van der Waals surface area contributed by atoms with E-state index >= 15 is 0 Å². The number of amides is 1. The minimum Gasteiger partial charge on any atom is -0.333 e. The van der Waals surface area contributed by atoms with Gasteiger partial charge < -0.3 is 10.2 Å². The third kappa shape index (κ3) is 3.86. The second-order valence-corrected chi connectivity index (χ2v) is 7.85. The SMILES string of the molecule is C[C@H]1CNCCN1C(=O)c1cccc(S(=O)(=O)Nc2ccccc2F)c1. The first-order chi connectivity index (χ1) is 12.4. The first-order valence-electron chi connectivity index (χ1n) is 8.27. The molecule has 2 N–H and O–H groups in total. The third-order valence-corrected chi connectivity index (χ3v) is 5.63. The number of para-hydroxylation sites is 1. The topological polar surface area (TPSA) is 78.5 Å². The lowest BCUT2D eigenvalue weighted by Crippen LogP contribution is -2.52. The molecule has 0 unspecified atom stereocenters. The molecule has 8 heteroatoms. The van der Waals surface area contributed by atoms with Gasteiger partial charge in [0.05, 0.1) is 10.6 Å². The maximum absolute atomic E-state index is 13.7. The Bertz CT molecular complexity index is 917. The van der Waals surface area contributed by atoms with Gasteiger partial charge in [0.2, 0.25) is 0 Å². The fraction of sp³-hybridized carbons (Fsp3) is 0.278. The van der Waals surface area contributed by atoms with E-state index in [1.54, 1.807) is 11.0 Å². The Hall–Kier alpha value is -2.45. The van der Waals surface area contributed by atoms with E-state index in [0.717, 1.165) is 0 Å². The Morgan fingerprint density at radius 3 is 2.73 bits per heavy atom. The quantitative estimate of drug-likeness (QED) is 0.855. The summed E-state index contributed by atoms with van der Waals surface area (Å²) in [5.41, 5.74) is 0.148. The summed E-state index contributed by atoms with van der Waals surface area (Å²) in [7, 11) is -4.01. The molecule has 26 heavy (non-hydrogen) atoms. The summed E-state index contributed by atoms with van der Waals surface area (Å²) in [6, 6.07) is 11.3. The third-order valence-electron chi connectivity index (χ3n) is 4.27. The number of rotatable bonds is 4. The Morgan fingerprint density at radius 2 is 2.00 bits per heavy atom. The van der Waals surface area contributed by atoms with Crippen molar-refractivity contribution in [3.05, 3.63) is 59.9 Å². The van der Waals surface area contributed by atoms with Gasteiger partial charge in [-0.05, 0) is 37.3 Å². The van der Waals surface area contributed by atoms with Crippen LogP contribution < -0.4 is 10.0 Å². The number of halogens is 1. The number of hydrogen-bond donors (Lipinski definition) is 2. The van der Waals surface area contributed by atoms with Crippen LogP contribution in [0, 0.1) is 5.82 Å². The Kier molecular flexibility index (Phi) is 5.24. The molecule has 1 aliphatic heterocycles. The second kappa shape index (κ2) is 7.43. The molecule has 1 saturated heterocycles. The smallest absolute Gasteiger partial charge is 0.262 e.